The van der Waals surface area contributed by atoms with E-state index in [2.05, 4.69) is 10.6 Å². The summed E-state index contributed by atoms with van der Waals surface area (Å²) < 4.78 is 31.2. The molecule has 2 aliphatic rings. The molecule has 0 aromatic carbocycles. The van der Waals surface area contributed by atoms with Gasteiger partial charge in [-0.3, -0.25) is 9.59 Å². The summed E-state index contributed by atoms with van der Waals surface area (Å²) >= 11 is 0. The molecule has 1 unspecified atom stereocenters. The Morgan fingerprint density at radius 1 is 0.562 bits per heavy atom. The van der Waals surface area contributed by atoms with E-state index in [1.54, 1.807) is 14.2 Å². The molecular formula is C36H64N2O10. The Morgan fingerprint density at radius 2 is 1.00 bits per heavy atom. The van der Waals surface area contributed by atoms with Gasteiger partial charge in [0.05, 0.1) is 25.9 Å². The highest BCUT2D eigenvalue weighted by Gasteiger charge is 2.28. The molecule has 12 nitrogen and oxygen atoms in total. The SMILES string of the molecule is COCCCCCC(=O)OCCCCOC(=O)CCCCCOC(=O)NC1CCC(CC2CCC(NC(=O)OCC(C)OC)CC2)CC1. The Balaban J connectivity index is 1.38. The smallest absolute Gasteiger partial charge is 0.407 e. The molecule has 0 bridgehead atoms. The Bertz CT molecular complexity index is 888. The summed E-state index contributed by atoms with van der Waals surface area (Å²) in [6, 6.07) is 0.353. The first-order chi connectivity index (χ1) is 23.3. The molecule has 2 aliphatic carbocycles. The molecule has 278 valence electrons. The van der Waals surface area contributed by atoms with Crippen molar-refractivity contribution in [3.05, 3.63) is 0 Å². The zero-order valence-electron chi connectivity index (χ0n) is 29.9. The molecule has 0 heterocycles. The summed E-state index contributed by atoms with van der Waals surface area (Å²) in [5.74, 6) is 0.980. The van der Waals surface area contributed by atoms with Crippen LogP contribution in [0.3, 0.4) is 0 Å². The lowest BCUT2D eigenvalue weighted by Crippen LogP contribution is -2.40. The Hall–Kier alpha value is -2.60. The van der Waals surface area contributed by atoms with Gasteiger partial charge < -0.3 is 39.1 Å². The number of methoxy groups -OCH3 is 2. The molecule has 0 aliphatic heterocycles. The van der Waals surface area contributed by atoms with Crippen molar-refractivity contribution in [3.63, 3.8) is 0 Å². The number of carbonyl (C=O) groups is 4. The van der Waals surface area contributed by atoms with Crippen molar-refractivity contribution in [1.29, 1.82) is 0 Å². The van der Waals surface area contributed by atoms with E-state index in [1.165, 1.54) is 6.42 Å². The maximum atomic E-state index is 12.3. The molecule has 0 saturated heterocycles. The summed E-state index contributed by atoms with van der Waals surface area (Å²) in [6.07, 6.45) is 15.8. The van der Waals surface area contributed by atoms with Gasteiger partial charge in [0.2, 0.25) is 0 Å². The molecule has 0 aromatic rings. The van der Waals surface area contributed by atoms with Crippen molar-refractivity contribution >= 4 is 24.1 Å². The number of alkyl carbamates (subject to hydrolysis) is 2. The minimum Gasteiger partial charge on any atom is -0.466 e. The third kappa shape index (κ3) is 20.7. The second-order valence-corrected chi connectivity index (χ2v) is 13.5. The van der Waals surface area contributed by atoms with Crippen LogP contribution in [0.2, 0.25) is 0 Å². The maximum Gasteiger partial charge on any atom is 0.407 e. The van der Waals surface area contributed by atoms with Crippen LogP contribution in [0, 0.1) is 11.8 Å². The number of rotatable bonds is 24. The van der Waals surface area contributed by atoms with Crippen molar-refractivity contribution in [2.75, 3.05) is 47.3 Å². The van der Waals surface area contributed by atoms with E-state index in [-0.39, 0.29) is 48.9 Å². The monoisotopic (exact) mass is 684 g/mol. The molecule has 2 fully saturated rings. The quantitative estimate of drug-likeness (QED) is 0.0646. The van der Waals surface area contributed by atoms with Crippen molar-refractivity contribution in [3.8, 4) is 0 Å². The van der Waals surface area contributed by atoms with Crippen LogP contribution in [0.1, 0.15) is 129 Å². The van der Waals surface area contributed by atoms with Gasteiger partial charge in [-0.15, -0.1) is 0 Å². The molecule has 2 amide bonds. The third-order valence-electron chi connectivity index (χ3n) is 9.41. The van der Waals surface area contributed by atoms with E-state index in [4.69, 9.17) is 28.4 Å². The van der Waals surface area contributed by atoms with Crippen LogP contribution in [0.15, 0.2) is 0 Å². The van der Waals surface area contributed by atoms with Crippen LogP contribution in [0.25, 0.3) is 0 Å². The predicted octanol–water partition coefficient (Wildman–Crippen LogP) is 6.62. The van der Waals surface area contributed by atoms with Crippen LogP contribution >= 0.6 is 0 Å². The molecule has 0 spiro atoms. The third-order valence-corrected chi connectivity index (χ3v) is 9.41. The summed E-state index contributed by atoms with van der Waals surface area (Å²) in [4.78, 5) is 47.9. The molecule has 0 radical (unpaired) electrons. The lowest BCUT2D eigenvalue weighted by molar-refractivity contribution is -0.146. The zero-order chi connectivity index (χ0) is 34.8. The Labute approximate surface area is 288 Å². The second kappa shape index (κ2) is 26.3. The van der Waals surface area contributed by atoms with E-state index < -0.39 is 0 Å². The average Bonchev–Trinajstić information content (AvgIpc) is 3.08. The largest absolute Gasteiger partial charge is 0.466 e. The maximum absolute atomic E-state index is 12.3. The van der Waals surface area contributed by atoms with Gasteiger partial charge in [0, 0.05) is 45.8 Å². The van der Waals surface area contributed by atoms with Gasteiger partial charge in [-0.25, -0.2) is 9.59 Å². The first-order valence-corrected chi connectivity index (χ1v) is 18.5. The fraction of sp³-hybridized carbons (Fsp3) is 0.889. The Kier molecular flexibility index (Phi) is 22.8. The highest BCUT2D eigenvalue weighted by molar-refractivity contribution is 5.69. The molecule has 2 N–H and O–H groups in total. The number of ether oxygens (including phenoxy) is 6. The summed E-state index contributed by atoms with van der Waals surface area (Å²) in [7, 11) is 3.27. The van der Waals surface area contributed by atoms with E-state index in [0.717, 1.165) is 77.0 Å². The molecule has 0 aromatic heterocycles. The van der Waals surface area contributed by atoms with Crippen molar-refractivity contribution in [2.24, 2.45) is 11.8 Å². The van der Waals surface area contributed by atoms with Crippen LogP contribution < -0.4 is 10.6 Å². The normalized spacial score (nSPS) is 21.5. The zero-order valence-corrected chi connectivity index (χ0v) is 29.9. The van der Waals surface area contributed by atoms with Crippen molar-refractivity contribution in [1.82, 2.24) is 10.6 Å². The van der Waals surface area contributed by atoms with E-state index >= 15 is 0 Å². The highest BCUT2D eigenvalue weighted by atomic mass is 16.6. The first kappa shape index (κ1) is 41.6. The second-order valence-electron chi connectivity index (χ2n) is 13.5. The fourth-order valence-corrected chi connectivity index (χ4v) is 6.36. The lowest BCUT2D eigenvalue weighted by Gasteiger charge is -2.34. The van der Waals surface area contributed by atoms with E-state index in [0.29, 0.717) is 76.8 Å². The molecule has 12 heteroatoms. The highest BCUT2D eigenvalue weighted by Crippen LogP contribution is 2.35. The van der Waals surface area contributed by atoms with Gasteiger partial charge in [0.25, 0.3) is 0 Å². The number of nitrogens with one attached hydrogen (secondary N) is 2. The average molecular weight is 685 g/mol. The molecule has 1 atom stereocenters. The van der Waals surface area contributed by atoms with Gasteiger partial charge in [-0.1, -0.05) is 6.42 Å². The topological polar surface area (TPSA) is 148 Å². The van der Waals surface area contributed by atoms with E-state index in [1.807, 2.05) is 6.92 Å². The fourth-order valence-electron chi connectivity index (χ4n) is 6.36. The van der Waals surface area contributed by atoms with Gasteiger partial charge in [-0.2, -0.15) is 0 Å². The minimum absolute atomic E-state index is 0.106. The predicted molar refractivity (Wildman–Crippen MR) is 182 cm³/mol. The summed E-state index contributed by atoms with van der Waals surface area (Å²) in [6.45, 7) is 3.85. The van der Waals surface area contributed by atoms with Crippen LogP contribution in [0.4, 0.5) is 9.59 Å². The van der Waals surface area contributed by atoms with Crippen molar-refractivity contribution < 1.29 is 47.6 Å². The number of hydrogen-bond acceptors (Lipinski definition) is 10. The van der Waals surface area contributed by atoms with E-state index in [9.17, 15) is 19.2 Å². The summed E-state index contributed by atoms with van der Waals surface area (Å²) in [5, 5.41) is 6.03. The van der Waals surface area contributed by atoms with Crippen LogP contribution in [-0.2, 0) is 38.0 Å². The Morgan fingerprint density at radius 3 is 1.48 bits per heavy atom. The molecule has 48 heavy (non-hydrogen) atoms. The minimum atomic E-state index is -0.356. The first-order valence-electron chi connectivity index (χ1n) is 18.5. The molecule has 2 saturated carbocycles. The van der Waals surface area contributed by atoms with Crippen molar-refractivity contribution in [2.45, 2.75) is 147 Å². The standard InChI is InChI=1S/C36H64N2O10/c1-28(44-3)27-48-36(42)38-32-20-16-30(17-21-32)26-29-14-18-31(19-15-29)37-35(41)47-25-9-5-7-13-34(40)46-24-11-10-23-45-33(39)12-6-4-8-22-43-2/h28-32H,4-27H2,1-3H3,(H,37,41)(H,38,42). The van der Waals surface area contributed by atoms with Crippen LogP contribution in [-0.4, -0.2) is 89.6 Å². The molecule has 2 rings (SSSR count). The van der Waals surface area contributed by atoms with Gasteiger partial charge in [0.15, 0.2) is 0 Å². The van der Waals surface area contributed by atoms with Crippen LogP contribution in [0.5, 0.6) is 0 Å². The van der Waals surface area contributed by atoms with Gasteiger partial charge in [-0.05, 0) is 121 Å². The van der Waals surface area contributed by atoms with Gasteiger partial charge >= 0.3 is 24.1 Å². The summed E-state index contributed by atoms with van der Waals surface area (Å²) in [5.41, 5.74) is 0. The van der Waals surface area contributed by atoms with Gasteiger partial charge in [0.1, 0.15) is 6.61 Å². The number of unbranched alkanes of at least 4 members (excludes halogenated alkanes) is 5. The number of hydrogen-bond donors (Lipinski definition) is 2. The number of carbonyl (C=O) groups excluding carboxylic acids is 4. The lowest BCUT2D eigenvalue weighted by atomic mass is 9.76. The number of amides is 2. The molecular weight excluding hydrogens is 620 g/mol. The number of esters is 2.